The lowest BCUT2D eigenvalue weighted by Crippen LogP contribution is -2.35. The van der Waals surface area contributed by atoms with Crippen LogP contribution in [0.2, 0.25) is 0 Å². The first-order chi connectivity index (χ1) is 14.6. The number of aliphatic imine (C=N–C) groups is 1. The van der Waals surface area contributed by atoms with E-state index < -0.39 is 0 Å². The first-order valence-corrected chi connectivity index (χ1v) is 11.0. The molecule has 5 nitrogen and oxygen atoms in total. The van der Waals surface area contributed by atoms with Crippen molar-refractivity contribution in [2.75, 3.05) is 31.5 Å². The Hall–Kier alpha value is -2.82. The molecule has 5 heteroatoms. The Bertz CT molecular complexity index is 879. The van der Waals surface area contributed by atoms with Crippen LogP contribution in [0.5, 0.6) is 0 Å². The molecule has 2 heterocycles. The monoisotopic (exact) mass is 406 g/mol. The van der Waals surface area contributed by atoms with Crippen molar-refractivity contribution < 1.29 is 4.79 Å². The number of fused-ring (bicyclic) bond motifs is 1. The highest BCUT2D eigenvalue weighted by atomic mass is 16.2. The molecule has 1 aromatic carbocycles. The van der Waals surface area contributed by atoms with Gasteiger partial charge in [0, 0.05) is 61.1 Å². The summed E-state index contributed by atoms with van der Waals surface area (Å²) in [4.78, 5) is 19.9. The van der Waals surface area contributed by atoms with E-state index in [2.05, 4.69) is 61.3 Å². The molecule has 3 rings (SSSR count). The fourth-order valence-corrected chi connectivity index (χ4v) is 3.89. The molecular weight excluding hydrogens is 372 g/mol. The number of hydrogen-bond donors (Lipinski definition) is 1. The van der Waals surface area contributed by atoms with E-state index in [1.165, 1.54) is 5.69 Å². The molecule has 1 aliphatic rings. The lowest BCUT2D eigenvalue weighted by Gasteiger charge is -2.23. The largest absolute Gasteiger partial charge is 0.385 e. The predicted octanol–water partition coefficient (Wildman–Crippen LogP) is 4.97. The van der Waals surface area contributed by atoms with Crippen molar-refractivity contribution >= 4 is 23.5 Å². The number of carbonyl (C=O) groups is 1. The minimum Gasteiger partial charge on any atom is -0.385 e. The lowest BCUT2D eigenvalue weighted by atomic mass is 10.0. The molecule has 1 aromatic heterocycles. The Morgan fingerprint density at radius 2 is 2.00 bits per heavy atom. The summed E-state index contributed by atoms with van der Waals surface area (Å²) in [5, 5.41) is 3.28. The molecule has 160 valence electrons. The van der Waals surface area contributed by atoms with Crippen molar-refractivity contribution in [1.29, 1.82) is 0 Å². The smallest absolute Gasteiger partial charge is 0.253 e. The summed E-state index contributed by atoms with van der Waals surface area (Å²) in [5.74, 6) is 0.625. The third-order valence-corrected chi connectivity index (χ3v) is 5.50. The minimum absolute atomic E-state index is 0.0695. The zero-order valence-corrected chi connectivity index (χ0v) is 18.5. The van der Waals surface area contributed by atoms with E-state index in [9.17, 15) is 4.79 Å². The van der Waals surface area contributed by atoms with Crippen LogP contribution in [0.4, 0.5) is 5.69 Å². The maximum atomic E-state index is 13.2. The molecule has 1 amide bonds. The van der Waals surface area contributed by atoms with Gasteiger partial charge in [-0.15, -0.1) is 0 Å². The number of nitrogens with one attached hydrogen (secondary N) is 1. The minimum atomic E-state index is 0.0695. The first kappa shape index (κ1) is 21.9. The normalized spacial score (nSPS) is 18.3. The van der Waals surface area contributed by atoms with Crippen LogP contribution in [0, 0.1) is 5.92 Å². The van der Waals surface area contributed by atoms with Gasteiger partial charge in [0.05, 0.1) is 6.54 Å². The molecule has 0 bridgehead atoms. The highest BCUT2D eigenvalue weighted by Crippen LogP contribution is 2.15. The molecule has 0 fully saturated rings. The van der Waals surface area contributed by atoms with E-state index in [-0.39, 0.29) is 5.91 Å². The molecular formula is C25H34N4O. The summed E-state index contributed by atoms with van der Waals surface area (Å²) >= 11 is 0. The molecule has 1 unspecified atom stereocenters. The van der Waals surface area contributed by atoms with Crippen LogP contribution in [0.1, 0.15) is 49.7 Å². The van der Waals surface area contributed by atoms with Crippen molar-refractivity contribution in [3.05, 3.63) is 59.9 Å². The third-order valence-electron chi connectivity index (χ3n) is 5.50. The summed E-state index contributed by atoms with van der Waals surface area (Å²) in [6.07, 6.45) is 9.32. The van der Waals surface area contributed by atoms with Gasteiger partial charge in [0.2, 0.25) is 0 Å². The number of aromatic nitrogens is 1. The average molecular weight is 407 g/mol. The van der Waals surface area contributed by atoms with Gasteiger partial charge < -0.3 is 14.8 Å². The van der Waals surface area contributed by atoms with Gasteiger partial charge in [0.1, 0.15) is 0 Å². The third kappa shape index (κ3) is 6.09. The average Bonchev–Trinajstić information content (AvgIpc) is 3.17. The number of amides is 1. The van der Waals surface area contributed by atoms with Crippen molar-refractivity contribution in [3.8, 4) is 0 Å². The van der Waals surface area contributed by atoms with Crippen molar-refractivity contribution in [2.24, 2.45) is 10.9 Å². The van der Waals surface area contributed by atoms with E-state index in [0.717, 1.165) is 42.8 Å². The topological polar surface area (TPSA) is 49.6 Å². The van der Waals surface area contributed by atoms with Crippen LogP contribution in [0.3, 0.4) is 0 Å². The fraction of sp³-hybridized carbons (Fsp3) is 0.440. The van der Waals surface area contributed by atoms with Crippen LogP contribution in [-0.4, -0.2) is 47.3 Å². The Labute approximate surface area is 180 Å². The molecule has 30 heavy (non-hydrogen) atoms. The molecule has 0 saturated heterocycles. The second kappa shape index (κ2) is 10.8. The van der Waals surface area contributed by atoms with Gasteiger partial charge in [-0.2, -0.15) is 0 Å². The standard InChI is InChI=1S/C25H34N4O/c1-4-26-23-11-9-22(10-12-23)25(30)29-17-13-24-8-6-16-28(24)15-5-7-20(2)19-21(3)27-14-18-29/h5-6,8-12,15-16,20,26H,4,7,13-14,17-19H2,1-3H3. The Morgan fingerprint density at radius 3 is 2.77 bits per heavy atom. The van der Waals surface area contributed by atoms with Gasteiger partial charge in [-0.1, -0.05) is 13.0 Å². The number of anilines is 1. The molecule has 1 N–H and O–H groups in total. The van der Waals surface area contributed by atoms with Crippen LogP contribution in [0.15, 0.2) is 53.7 Å². The van der Waals surface area contributed by atoms with E-state index in [1.54, 1.807) is 0 Å². The zero-order chi connectivity index (χ0) is 21.3. The van der Waals surface area contributed by atoms with E-state index >= 15 is 0 Å². The van der Waals surface area contributed by atoms with Crippen molar-refractivity contribution in [2.45, 2.75) is 40.0 Å². The maximum Gasteiger partial charge on any atom is 0.253 e. The van der Waals surface area contributed by atoms with Gasteiger partial charge in [-0.05, 0) is 69.0 Å². The van der Waals surface area contributed by atoms with Gasteiger partial charge >= 0.3 is 0 Å². The van der Waals surface area contributed by atoms with Gasteiger partial charge in [-0.3, -0.25) is 9.79 Å². The van der Waals surface area contributed by atoms with E-state index in [1.807, 2.05) is 29.2 Å². The summed E-state index contributed by atoms with van der Waals surface area (Å²) in [5.41, 5.74) is 4.14. The number of allylic oxidation sites excluding steroid dienone is 1. The van der Waals surface area contributed by atoms with E-state index in [4.69, 9.17) is 4.99 Å². The zero-order valence-electron chi connectivity index (χ0n) is 18.5. The Balaban J connectivity index is 1.79. The van der Waals surface area contributed by atoms with Crippen LogP contribution in [0.25, 0.3) is 6.20 Å². The van der Waals surface area contributed by atoms with Crippen LogP contribution < -0.4 is 5.32 Å². The number of nitrogens with zero attached hydrogens (tertiary/aromatic N) is 3. The van der Waals surface area contributed by atoms with Crippen LogP contribution in [-0.2, 0) is 6.42 Å². The molecule has 1 aliphatic heterocycles. The van der Waals surface area contributed by atoms with Crippen molar-refractivity contribution in [3.63, 3.8) is 0 Å². The summed E-state index contributed by atoms with van der Waals surface area (Å²) < 4.78 is 2.17. The summed E-state index contributed by atoms with van der Waals surface area (Å²) in [7, 11) is 0. The van der Waals surface area contributed by atoms with Crippen molar-refractivity contribution in [1.82, 2.24) is 9.47 Å². The molecule has 1 atom stereocenters. The Morgan fingerprint density at radius 1 is 1.20 bits per heavy atom. The molecule has 0 aliphatic carbocycles. The fourth-order valence-electron chi connectivity index (χ4n) is 3.89. The first-order valence-electron chi connectivity index (χ1n) is 11.0. The quantitative estimate of drug-likeness (QED) is 0.783. The summed E-state index contributed by atoms with van der Waals surface area (Å²) in [6.45, 7) is 9.25. The van der Waals surface area contributed by atoms with Gasteiger partial charge in [0.15, 0.2) is 0 Å². The number of carbonyl (C=O) groups excluding carboxylic acids is 1. The lowest BCUT2D eigenvalue weighted by molar-refractivity contribution is 0.0762. The second-order valence-corrected chi connectivity index (χ2v) is 8.10. The number of benzene rings is 1. The Kier molecular flexibility index (Phi) is 7.89. The SMILES string of the molecule is CCNc1ccc(C(=O)N2CCN=C(C)CC(C)CC=Cn3cccc3CC2)cc1. The van der Waals surface area contributed by atoms with Gasteiger partial charge in [-0.25, -0.2) is 0 Å². The number of hydrogen-bond acceptors (Lipinski definition) is 3. The highest BCUT2D eigenvalue weighted by molar-refractivity contribution is 5.94. The molecule has 0 saturated carbocycles. The second-order valence-electron chi connectivity index (χ2n) is 8.10. The summed E-state index contributed by atoms with van der Waals surface area (Å²) in [6, 6.07) is 12.0. The molecule has 2 aromatic rings. The van der Waals surface area contributed by atoms with Crippen LogP contribution >= 0.6 is 0 Å². The molecule has 0 spiro atoms. The maximum absolute atomic E-state index is 13.2. The van der Waals surface area contributed by atoms with Gasteiger partial charge in [0.25, 0.3) is 5.91 Å². The predicted molar refractivity (Wildman–Crippen MR) is 126 cm³/mol. The highest BCUT2D eigenvalue weighted by Gasteiger charge is 2.16. The molecule has 0 radical (unpaired) electrons. The van der Waals surface area contributed by atoms with E-state index in [0.29, 0.717) is 25.6 Å². The number of rotatable bonds is 3.